The monoisotopic (exact) mass is 198 g/mol. The lowest BCUT2D eigenvalue weighted by molar-refractivity contribution is 0.0680. The summed E-state index contributed by atoms with van der Waals surface area (Å²) in [6.07, 6.45) is 0. The smallest absolute Gasteiger partial charge is 0.352 e. The van der Waals surface area contributed by atoms with Crippen LogP contribution < -0.4 is 11.2 Å². The average Bonchev–Trinajstić information content (AvgIpc) is 2.01. The molecule has 0 aliphatic carbocycles. The molecule has 14 heavy (non-hydrogen) atoms. The van der Waals surface area contributed by atoms with Gasteiger partial charge < -0.3 is 5.11 Å². The van der Waals surface area contributed by atoms with Crippen LogP contribution in [0.4, 0.5) is 0 Å². The molecule has 0 spiro atoms. The molecule has 0 bridgehead atoms. The summed E-state index contributed by atoms with van der Waals surface area (Å²) >= 11 is 0. The molecule has 0 fully saturated rings. The number of H-pyrrole nitrogens is 1. The van der Waals surface area contributed by atoms with Crippen LogP contribution in [0.5, 0.6) is 0 Å². The highest BCUT2D eigenvalue weighted by molar-refractivity contribution is 5.85. The zero-order valence-electron chi connectivity index (χ0n) is 7.77. The number of hydrogen-bond acceptors (Lipinski definition) is 3. The fourth-order valence-electron chi connectivity index (χ4n) is 1.18. The van der Waals surface area contributed by atoms with E-state index in [1.165, 1.54) is 0 Å². The van der Waals surface area contributed by atoms with Gasteiger partial charge in [-0.2, -0.15) is 0 Å². The highest BCUT2D eigenvalue weighted by Gasteiger charge is 2.14. The summed E-state index contributed by atoms with van der Waals surface area (Å²) < 4.78 is 1.02. The molecule has 1 aromatic heterocycles. The van der Waals surface area contributed by atoms with Crippen LogP contribution in [0, 0.1) is 0 Å². The molecular formula is C8H10N2O4. The lowest BCUT2D eigenvalue weighted by Gasteiger charge is -2.11. The molecule has 0 aromatic carbocycles. The van der Waals surface area contributed by atoms with Gasteiger partial charge >= 0.3 is 11.7 Å². The van der Waals surface area contributed by atoms with Crippen LogP contribution >= 0.6 is 0 Å². The van der Waals surface area contributed by atoms with Crippen LogP contribution in [0.2, 0.25) is 0 Å². The molecule has 0 unspecified atom stereocenters. The molecule has 0 radical (unpaired) electrons. The lowest BCUT2D eigenvalue weighted by atomic mass is 10.3. The van der Waals surface area contributed by atoms with Gasteiger partial charge in [-0.15, -0.1) is 0 Å². The number of carbonyl (C=O) groups is 1. The summed E-state index contributed by atoms with van der Waals surface area (Å²) in [5.41, 5.74) is -1.71. The Labute approximate surface area is 78.8 Å². The number of nitrogens with one attached hydrogen (secondary N) is 1. The Balaban J connectivity index is 3.61. The van der Waals surface area contributed by atoms with Gasteiger partial charge in [0.05, 0.1) is 0 Å². The Bertz CT molecular complexity index is 469. The highest BCUT2D eigenvalue weighted by atomic mass is 16.4. The average molecular weight is 198 g/mol. The summed E-state index contributed by atoms with van der Waals surface area (Å²) in [5.74, 6) is -1.29. The molecule has 1 heterocycles. The Kier molecular flexibility index (Phi) is 2.55. The third kappa shape index (κ3) is 1.73. The zero-order valence-corrected chi connectivity index (χ0v) is 7.77. The predicted octanol–water partition coefficient (Wildman–Crippen LogP) is -0.184. The van der Waals surface area contributed by atoms with Gasteiger partial charge in [0, 0.05) is 12.1 Å². The molecule has 76 valence electrons. The van der Waals surface area contributed by atoms with Crippen molar-refractivity contribution in [3.63, 3.8) is 0 Å². The number of rotatable bonds is 2. The second-order valence-corrected chi connectivity index (χ2v) is 3.09. The minimum absolute atomic E-state index is 0.297. The minimum Gasteiger partial charge on any atom is -0.477 e. The Morgan fingerprint density at radius 1 is 1.50 bits per heavy atom. The molecule has 0 atom stereocenters. The van der Waals surface area contributed by atoms with Gasteiger partial charge in [-0.3, -0.25) is 14.3 Å². The van der Waals surface area contributed by atoms with Crippen LogP contribution in [0.25, 0.3) is 0 Å². The molecule has 1 rings (SSSR count). The maximum Gasteiger partial charge on any atom is 0.352 e. The molecule has 6 heteroatoms. The second kappa shape index (κ2) is 3.49. The van der Waals surface area contributed by atoms with E-state index in [1.807, 2.05) is 4.98 Å². The van der Waals surface area contributed by atoms with Crippen molar-refractivity contribution in [2.24, 2.45) is 0 Å². The van der Waals surface area contributed by atoms with Crippen LogP contribution in [0.3, 0.4) is 0 Å². The van der Waals surface area contributed by atoms with E-state index < -0.39 is 17.2 Å². The standard InChI is InChI=1S/C8H10N2O4/c1-4(2)10-5(7(12)13)3-6(11)9-8(10)14/h3-4H,1-2H3,(H,12,13)(H,9,11,14). The molecule has 1 aromatic rings. The van der Waals surface area contributed by atoms with E-state index in [-0.39, 0.29) is 11.7 Å². The number of carboxylic acid groups (broad SMARTS) is 1. The lowest BCUT2D eigenvalue weighted by Crippen LogP contribution is -2.34. The van der Waals surface area contributed by atoms with Gasteiger partial charge in [0.15, 0.2) is 0 Å². The van der Waals surface area contributed by atoms with Crippen LogP contribution in [0.1, 0.15) is 30.4 Å². The van der Waals surface area contributed by atoms with Gasteiger partial charge in [-0.05, 0) is 13.8 Å². The van der Waals surface area contributed by atoms with Gasteiger partial charge in [-0.25, -0.2) is 9.59 Å². The predicted molar refractivity (Wildman–Crippen MR) is 48.7 cm³/mol. The van der Waals surface area contributed by atoms with E-state index in [4.69, 9.17) is 5.11 Å². The number of carboxylic acids is 1. The Morgan fingerprint density at radius 3 is 2.50 bits per heavy atom. The SMILES string of the molecule is CC(C)n1c(C(=O)O)cc(=O)[nH]c1=O. The first-order chi connectivity index (χ1) is 6.43. The molecular weight excluding hydrogens is 188 g/mol. The van der Waals surface area contributed by atoms with E-state index in [1.54, 1.807) is 13.8 Å². The van der Waals surface area contributed by atoms with Crippen molar-refractivity contribution < 1.29 is 9.90 Å². The summed E-state index contributed by atoms with van der Waals surface area (Å²) in [7, 11) is 0. The normalized spacial score (nSPS) is 10.5. The van der Waals surface area contributed by atoms with E-state index >= 15 is 0 Å². The van der Waals surface area contributed by atoms with Gasteiger partial charge in [0.1, 0.15) is 5.69 Å². The largest absolute Gasteiger partial charge is 0.477 e. The Hall–Kier alpha value is -1.85. The molecule has 0 saturated heterocycles. The maximum atomic E-state index is 11.3. The third-order valence-corrected chi connectivity index (χ3v) is 1.71. The fraction of sp³-hybridized carbons (Fsp3) is 0.375. The molecule has 0 amide bonds. The van der Waals surface area contributed by atoms with Crippen molar-refractivity contribution >= 4 is 5.97 Å². The summed E-state index contributed by atoms with van der Waals surface area (Å²) in [6, 6.07) is 0.578. The topological polar surface area (TPSA) is 92.2 Å². The quantitative estimate of drug-likeness (QED) is 0.689. The third-order valence-electron chi connectivity index (χ3n) is 1.71. The summed E-state index contributed by atoms with van der Waals surface area (Å²) in [5, 5.41) is 8.75. The second-order valence-electron chi connectivity index (χ2n) is 3.09. The van der Waals surface area contributed by atoms with Crippen LogP contribution in [-0.2, 0) is 0 Å². The minimum atomic E-state index is -1.29. The first kappa shape index (κ1) is 10.2. The van der Waals surface area contributed by atoms with Gasteiger partial charge in [-0.1, -0.05) is 0 Å². The van der Waals surface area contributed by atoms with E-state index in [2.05, 4.69) is 0 Å². The van der Waals surface area contributed by atoms with E-state index in [9.17, 15) is 14.4 Å². The van der Waals surface area contributed by atoms with E-state index in [0.717, 1.165) is 10.6 Å². The van der Waals surface area contributed by atoms with Crippen molar-refractivity contribution in [1.82, 2.24) is 9.55 Å². The highest BCUT2D eigenvalue weighted by Crippen LogP contribution is 2.02. The molecule has 0 aliphatic heterocycles. The fourth-order valence-corrected chi connectivity index (χ4v) is 1.18. The molecule has 0 saturated carbocycles. The van der Waals surface area contributed by atoms with E-state index in [0.29, 0.717) is 0 Å². The number of aromatic amines is 1. The first-order valence-electron chi connectivity index (χ1n) is 4.02. The van der Waals surface area contributed by atoms with Gasteiger partial charge in [0.2, 0.25) is 0 Å². The van der Waals surface area contributed by atoms with Crippen LogP contribution in [-0.4, -0.2) is 20.6 Å². The number of nitrogens with zero attached hydrogens (tertiary/aromatic N) is 1. The molecule has 0 aliphatic rings. The zero-order chi connectivity index (χ0) is 10.9. The van der Waals surface area contributed by atoms with Crippen molar-refractivity contribution in [3.8, 4) is 0 Å². The molecule has 6 nitrogen and oxygen atoms in total. The summed E-state index contributed by atoms with van der Waals surface area (Å²) in [4.78, 5) is 34.8. The number of aromatic carboxylic acids is 1. The first-order valence-corrected chi connectivity index (χ1v) is 4.02. The summed E-state index contributed by atoms with van der Waals surface area (Å²) in [6.45, 7) is 3.32. The number of hydrogen-bond donors (Lipinski definition) is 2. The van der Waals surface area contributed by atoms with Crippen molar-refractivity contribution in [1.29, 1.82) is 0 Å². The van der Waals surface area contributed by atoms with Crippen LogP contribution in [0.15, 0.2) is 15.7 Å². The van der Waals surface area contributed by atoms with Crippen molar-refractivity contribution in [2.75, 3.05) is 0 Å². The number of aromatic nitrogens is 2. The maximum absolute atomic E-state index is 11.3. The Morgan fingerprint density at radius 2 is 2.07 bits per heavy atom. The van der Waals surface area contributed by atoms with Crippen molar-refractivity contribution in [3.05, 3.63) is 32.6 Å². The van der Waals surface area contributed by atoms with Gasteiger partial charge in [0.25, 0.3) is 5.56 Å². The van der Waals surface area contributed by atoms with Crippen molar-refractivity contribution in [2.45, 2.75) is 19.9 Å². The molecule has 2 N–H and O–H groups in total.